The summed E-state index contributed by atoms with van der Waals surface area (Å²) in [6, 6.07) is -1.11. The highest BCUT2D eigenvalue weighted by Gasteiger charge is 2.59. The highest BCUT2D eigenvalue weighted by atomic mass is 19.4. The second-order valence-electron chi connectivity index (χ2n) is 7.62. The van der Waals surface area contributed by atoms with Crippen LogP contribution >= 0.6 is 0 Å². The van der Waals surface area contributed by atoms with Gasteiger partial charge in [-0.2, -0.15) is 13.2 Å². The molecule has 0 spiro atoms. The SMILES string of the molecule is C[C@@H](O)[C@H]1C(=O)N2C(C(=O)O)=C(CN3CC[C@H](NC(=O)C(F)(F)F)C3)[C@H](C)[C@H]12. The van der Waals surface area contributed by atoms with Gasteiger partial charge in [-0.1, -0.05) is 6.92 Å². The van der Waals surface area contributed by atoms with Gasteiger partial charge in [0.2, 0.25) is 5.91 Å². The van der Waals surface area contributed by atoms with Crippen molar-refractivity contribution in [2.24, 2.45) is 11.8 Å². The first-order valence-corrected chi connectivity index (χ1v) is 9.01. The van der Waals surface area contributed by atoms with E-state index in [-0.39, 0.29) is 24.7 Å². The number of aliphatic carboxylic acids is 1. The molecule has 0 aromatic rings. The van der Waals surface area contributed by atoms with Gasteiger partial charge in [-0.05, 0) is 18.9 Å². The third-order valence-electron chi connectivity index (χ3n) is 5.78. The number of hydrogen-bond donors (Lipinski definition) is 3. The summed E-state index contributed by atoms with van der Waals surface area (Å²) in [5, 5.41) is 21.4. The number of nitrogens with zero attached hydrogens (tertiary/aromatic N) is 2. The number of aliphatic hydroxyl groups excluding tert-OH is 1. The van der Waals surface area contributed by atoms with Crippen LogP contribution in [-0.2, 0) is 14.4 Å². The fourth-order valence-corrected chi connectivity index (χ4v) is 4.46. The van der Waals surface area contributed by atoms with Gasteiger partial charge in [0.05, 0.1) is 18.1 Å². The Bertz CT molecular complexity index is 736. The van der Waals surface area contributed by atoms with Gasteiger partial charge < -0.3 is 20.4 Å². The maximum atomic E-state index is 12.4. The third kappa shape index (κ3) is 3.37. The second-order valence-corrected chi connectivity index (χ2v) is 7.62. The number of amides is 2. The number of β-lactam (4-membered cyclic amide) rings is 1. The van der Waals surface area contributed by atoms with Crippen LogP contribution in [0, 0.1) is 11.8 Å². The summed E-state index contributed by atoms with van der Waals surface area (Å²) in [7, 11) is 0. The minimum atomic E-state index is -4.95. The van der Waals surface area contributed by atoms with E-state index in [2.05, 4.69) is 0 Å². The van der Waals surface area contributed by atoms with Gasteiger partial charge in [0.25, 0.3) is 0 Å². The molecule has 0 aromatic carbocycles. The lowest BCUT2D eigenvalue weighted by Gasteiger charge is -2.46. The molecule has 0 bridgehead atoms. The number of halogens is 3. The molecule has 2 amide bonds. The number of rotatable bonds is 5. The predicted octanol–water partition coefficient (Wildman–Crippen LogP) is -0.0646. The minimum absolute atomic E-state index is 0.109. The molecule has 3 heterocycles. The normalized spacial score (nSPS) is 31.6. The van der Waals surface area contributed by atoms with Crippen molar-refractivity contribution in [2.45, 2.75) is 44.6 Å². The zero-order valence-electron chi connectivity index (χ0n) is 15.4. The zero-order valence-corrected chi connectivity index (χ0v) is 15.4. The molecular weight excluding hydrogens is 383 g/mol. The van der Waals surface area contributed by atoms with Crippen LogP contribution in [-0.4, -0.2) is 81.8 Å². The van der Waals surface area contributed by atoms with Crippen molar-refractivity contribution < 1.29 is 37.8 Å². The van der Waals surface area contributed by atoms with Crippen molar-refractivity contribution in [3.8, 4) is 0 Å². The number of aliphatic hydroxyl groups is 1. The fraction of sp³-hybridized carbons (Fsp3) is 0.706. The molecule has 0 radical (unpaired) electrons. The summed E-state index contributed by atoms with van der Waals surface area (Å²) >= 11 is 0. The fourth-order valence-electron chi connectivity index (χ4n) is 4.46. The van der Waals surface area contributed by atoms with Gasteiger partial charge in [-0.15, -0.1) is 0 Å². The molecule has 11 heteroatoms. The van der Waals surface area contributed by atoms with Crippen LogP contribution in [0.3, 0.4) is 0 Å². The van der Waals surface area contributed by atoms with Crippen LogP contribution in [0.5, 0.6) is 0 Å². The number of carboxylic acid groups (broad SMARTS) is 1. The zero-order chi connectivity index (χ0) is 21.0. The first-order chi connectivity index (χ1) is 12.9. The number of likely N-dealkylation sites (tertiary alicyclic amines) is 1. The molecule has 3 N–H and O–H groups in total. The number of hydrogen-bond acceptors (Lipinski definition) is 5. The second kappa shape index (κ2) is 7.03. The molecule has 2 fully saturated rings. The number of carbonyl (C=O) groups excluding carboxylic acids is 2. The van der Waals surface area contributed by atoms with E-state index in [9.17, 15) is 37.8 Å². The maximum absolute atomic E-state index is 12.4. The summed E-state index contributed by atoms with van der Waals surface area (Å²) in [5.74, 6) is -4.64. The average Bonchev–Trinajstić information content (AvgIpc) is 3.09. The van der Waals surface area contributed by atoms with Crippen LogP contribution in [0.1, 0.15) is 20.3 Å². The van der Waals surface area contributed by atoms with Crippen LogP contribution in [0.4, 0.5) is 13.2 Å². The summed E-state index contributed by atoms with van der Waals surface area (Å²) in [6.45, 7) is 3.99. The summed E-state index contributed by atoms with van der Waals surface area (Å²) < 4.78 is 37.2. The van der Waals surface area contributed by atoms with Crippen LogP contribution < -0.4 is 5.32 Å². The Kier molecular flexibility index (Phi) is 5.17. The summed E-state index contributed by atoms with van der Waals surface area (Å²) in [4.78, 5) is 38.1. The molecule has 3 rings (SSSR count). The first-order valence-electron chi connectivity index (χ1n) is 9.01. The Morgan fingerprint density at radius 3 is 2.54 bits per heavy atom. The van der Waals surface area contributed by atoms with E-state index in [1.165, 1.54) is 11.8 Å². The molecule has 156 valence electrons. The third-order valence-corrected chi connectivity index (χ3v) is 5.78. The standard InChI is InChI=1S/C17H22F3N3O5/c1-7-10(6-22-4-3-9(5-22)21-16(28)17(18,19)20)13(15(26)27)23-12(7)11(8(2)24)14(23)25/h7-9,11-12,24H,3-6H2,1-2H3,(H,21,28)(H,26,27)/t7-,8+,9-,11+,12+/m0/s1. The number of fused-ring (bicyclic) bond motifs is 1. The Hall–Kier alpha value is -2.14. The quantitative estimate of drug-likeness (QED) is 0.553. The van der Waals surface area contributed by atoms with E-state index in [4.69, 9.17) is 0 Å². The maximum Gasteiger partial charge on any atom is 0.471 e. The Morgan fingerprint density at radius 1 is 1.36 bits per heavy atom. The van der Waals surface area contributed by atoms with E-state index in [0.717, 1.165) is 0 Å². The highest BCUT2D eigenvalue weighted by molar-refractivity contribution is 6.00. The van der Waals surface area contributed by atoms with E-state index in [1.807, 2.05) is 5.32 Å². The molecule has 0 aromatic heterocycles. The van der Waals surface area contributed by atoms with Gasteiger partial charge >= 0.3 is 18.1 Å². The minimum Gasteiger partial charge on any atom is -0.477 e. The Balaban J connectivity index is 1.71. The van der Waals surface area contributed by atoms with Crippen molar-refractivity contribution in [3.05, 3.63) is 11.3 Å². The topological polar surface area (TPSA) is 110 Å². The monoisotopic (exact) mass is 405 g/mol. The summed E-state index contributed by atoms with van der Waals surface area (Å²) in [5.41, 5.74) is 0.402. The molecule has 8 nitrogen and oxygen atoms in total. The van der Waals surface area contributed by atoms with Crippen LogP contribution in [0.25, 0.3) is 0 Å². The molecule has 0 saturated carbocycles. The molecule has 3 aliphatic heterocycles. The van der Waals surface area contributed by atoms with E-state index in [1.54, 1.807) is 11.8 Å². The molecule has 5 atom stereocenters. The molecule has 3 aliphatic rings. The number of carboxylic acids is 1. The number of nitrogens with one attached hydrogen (secondary N) is 1. The molecule has 0 aliphatic carbocycles. The predicted molar refractivity (Wildman–Crippen MR) is 88.7 cm³/mol. The van der Waals surface area contributed by atoms with E-state index in [0.29, 0.717) is 18.5 Å². The summed E-state index contributed by atoms with van der Waals surface area (Å²) in [6.07, 6.45) is -5.54. The molecule has 28 heavy (non-hydrogen) atoms. The van der Waals surface area contributed by atoms with Crippen molar-refractivity contribution >= 4 is 17.8 Å². The number of alkyl halides is 3. The smallest absolute Gasteiger partial charge is 0.471 e. The lowest BCUT2D eigenvalue weighted by Crippen LogP contribution is -2.63. The van der Waals surface area contributed by atoms with Crippen LogP contribution in [0.15, 0.2) is 11.3 Å². The highest BCUT2D eigenvalue weighted by Crippen LogP contribution is 2.47. The lowest BCUT2D eigenvalue weighted by atomic mass is 9.77. The van der Waals surface area contributed by atoms with Gasteiger partial charge in [0, 0.05) is 31.6 Å². The average molecular weight is 405 g/mol. The Morgan fingerprint density at radius 2 is 2.00 bits per heavy atom. The first kappa shape index (κ1) is 20.6. The van der Waals surface area contributed by atoms with Crippen molar-refractivity contribution in [3.63, 3.8) is 0 Å². The molecule has 0 unspecified atom stereocenters. The molecule has 2 saturated heterocycles. The number of carbonyl (C=O) groups is 3. The van der Waals surface area contributed by atoms with Gasteiger partial charge in [0.15, 0.2) is 0 Å². The van der Waals surface area contributed by atoms with Crippen LogP contribution in [0.2, 0.25) is 0 Å². The van der Waals surface area contributed by atoms with E-state index >= 15 is 0 Å². The molecular formula is C17H22F3N3O5. The van der Waals surface area contributed by atoms with Crippen molar-refractivity contribution in [1.82, 2.24) is 15.1 Å². The largest absolute Gasteiger partial charge is 0.477 e. The van der Waals surface area contributed by atoms with Crippen molar-refractivity contribution in [2.75, 3.05) is 19.6 Å². The van der Waals surface area contributed by atoms with E-state index < -0.39 is 48.1 Å². The van der Waals surface area contributed by atoms with Gasteiger partial charge in [0.1, 0.15) is 5.70 Å². The van der Waals surface area contributed by atoms with Gasteiger partial charge in [-0.25, -0.2) is 4.79 Å². The van der Waals surface area contributed by atoms with Gasteiger partial charge in [-0.3, -0.25) is 14.5 Å². The van der Waals surface area contributed by atoms with Crippen molar-refractivity contribution in [1.29, 1.82) is 0 Å². The Labute approximate surface area is 159 Å². The lowest BCUT2D eigenvalue weighted by molar-refractivity contribution is -0.174.